The summed E-state index contributed by atoms with van der Waals surface area (Å²) >= 11 is 1.74. The van der Waals surface area contributed by atoms with Crippen molar-refractivity contribution in [2.45, 2.75) is 19.5 Å². The number of ketones is 1. The number of rotatable bonds is 2. The lowest BCUT2D eigenvalue weighted by molar-refractivity contribution is -0.138. The third kappa shape index (κ3) is 2.70. The quantitative estimate of drug-likeness (QED) is 0.594. The average molecular weight is 328 g/mol. The average Bonchev–Trinajstić information content (AvgIpc) is 2.15. The molecule has 0 radical (unpaired) electrons. The fraction of sp³-hybridized carbons (Fsp3) is 0.300. The van der Waals surface area contributed by atoms with Crippen LogP contribution in [-0.2, 0) is 6.18 Å². The smallest absolute Gasteiger partial charge is 0.294 e. The lowest BCUT2D eigenvalue weighted by Gasteiger charge is -2.12. The lowest BCUT2D eigenvalue weighted by atomic mass is 10.0. The first-order chi connectivity index (χ1) is 6.88. The van der Waals surface area contributed by atoms with Crippen LogP contribution in [0.25, 0.3) is 0 Å². The number of carbonyl (C=O) groups excluding carboxylic acids is 1. The first kappa shape index (κ1) is 12.5. The number of hydrogen-bond acceptors (Lipinski definition) is 1. The van der Waals surface area contributed by atoms with Crippen molar-refractivity contribution in [3.8, 4) is 0 Å². The van der Waals surface area contributed by atoms with Crippen molar-refractivity contribution in [1.82, 2.24) is 0 Å². The molecule has 0 aliphatic heterocycles. The van der Waals surface area contributed by atoms with Gasteiger partial charge in [-0.3, -0.25) is 4.79 Å². The lowest BCUT2D eigenvalue weighted by Crippen LogP contribution is -2.14. The van der Waals surface area contributed by atoms with E-state index in [1.54, 1.807) is 29.5 Å². The minimum absolute atomic E-state index is 0.0725. The molecule has 0 N–H and O–H groups in total. The predicted octanol–water partition coefficient (Wildman–Crippen LogP) is 3.90. The normalized spacial score (nSPS) is 11.5. The number of alkyl halides is 3. The first-order valence-electron chi connectivity index (χ1n) is 4.26. The van der Waals surface area contributed by atoms with Gasteiger partial charge in [0.15, 0.2) is 5.78 Å². The van der Waals surface area contributed by atoms with Crippen LogP contribution >= 0.6 is 22.6 Å². The summed E-state index contributed by atoms with van der Waals surface area (Å²) in [5.41, 5.74) is -1.06. The highest BCUT2D eigenvalue weighted by atomic mass is 127. The zero-order valence-corrected chi connectivity index (χ0v) is 10.0. The minimum Gasteiger partial charge on any atom is -0.294 e. The molecule has 0 heterocycles. The van der Waals surface area contributed by atoms with Crippen LogP contribution < -0.4 is 0 Å². The van der Waals surface area contributed by atoms with E-state index in [1.165, 1.54) is 12.1 Å². The highest BCUT2D eigenvalue weighted by Crippen LogP contribution is 2.34. The maximum Gasteiger partial charge on any atom is 0.417 e. The van der Waals surface area contributed by atoms with Crippen molar-refractivity contribution in [1.29, 1.82) is 0 Å². The van der Waals surface area contributed by atoms with Gasteiger partial charge in [-0.15, -0.1) is 0 Å². The number of Topliss-reactive ketones (excluding diaryl/α,β-unsaturated/α-hetero) is 1. The molecule has 15 heavy (non-hydrogen) atoms. The van der Waals surface area contributed by atoms with E-state index in [2.05, 4.69) is 0 Å². The van der Waals surface area contributed by atoms with E-state index in [9.17, 15) is 18.0 Å². The first-order valence-corrected chi connectivity index (χ1v) is 5.34. The molecule has 82 valence electrons. The van der Waals surface area contributed by atoms with Crippen molar-refractivity contribution >= 4 is 28.4 Å². The van der Waals surface area contributed by atoms with Crippen molar-refractivity contribution in [2.24, 2.45) is 0 Å². The summed E-state index contributed by atoms with van der Waals surface area (Å²) in [4.78, 5) is 11.4. The summed E-state index contributed by atoms with van der Waals surface area (Å²) in [6.45, 7) is 1.55. The summed E-state index contributed by atoms with van der Waals surface area (Å²) in [5, 5.41) is 0. The molecule has 1 rings (SSSR count). The molecule has 0 aliphatic rings. The Morgan fingerprint density at radius 3 is 2.47 bits per heavy atom. The second-order valence-corrected chi connectivity index (χ2v) is 4.10. The number of halogens is 4. The summed E-state index contributed by atoms with van der Waals surface area (Å²) in [7, 11) is 0. The molecule has 1 nitrogen and oxygen atoms in total. The van der Waals surface area contributed by atoms with Gasteiger partial charge in [-0.1, -0.05) is 13.0 Å². The molecule has 5 heteroatoms. The second kappa shape index (κ2) is 4.51. The van der Waals surface area contributed by atoms with Gasteiger partial charge in [-0.2, -0.15) is 13.2 Å². The second-order valence-electron chi connectivity index (χ2n) is 2.94. The molecular weight excluding hydrogens is 320 g/mol. The SMILES string of the molecule is CCC(=O)c1c(I)cccc1C(F)(F)F. The van der Waals surface area contributed by atoms with Crippen LogP contribution in [0.3, 0.4) is 0 Å². The molecular formula is C10H8F3IO. The Morgan fingerprint density at radius 1 is 1.40 bits per heavy atom. The molecule has 1 aromatic rings. The maximum atomic E-state index is 12.6. The van der Waals surface area contributed by atoms with E-state index in [0.717, 1.165) is 6.07 Å². The summed E-state index contributed by atoms with van der Waals surface area (Å²) in [5.74, 6) is -0.479. The van der Waals surface area contributed by atoms with Crippen LogP contribution in [0.4, 0.5) is 13.2 Å². The molecule has 0 spiro atoms. The van der Waals surface area contributed by atoms with E-state index in [0.29, 0.717) is 3.57 Å². The van der Waals surface area contributed by atoms with Crippen molar-refractivity contribution in [2.75, 3.05) is 0 Å². The third-order valence-corrected chi connectivity index (χ3v) is 2.82. The predicted molar refractivity (Wildman–Crippen MR) is 58.8 cm³/mol. The highest BCUT2D eigenvalue weighted by molar-refractivity contribution is 14.1. The Morgan fingerprint density at radius 2 is 2.00 bits per heavy atom. The number of benzene rings is 1. The zero-order chi connectivity index (χ0) is 11.6. The van der Waals surface area contributed by atoms with E-state index in [-0.39, 0.29) is 12.0 Å². The highest BCUT2D eigenvalue weighted by Gasteiger charge is 2.35. The molecule has 0 saturated carbocycles. The van der Waals surface area contributed by atoms with Crippen molar-refractivity contribution in [3.05, 3.63) is 32.9 Å². The molecule has 0 aliphatic carbocycles. The van der Waals surface area contributed by atoms with Gasteiger partial charge in [-0.05, 0) is 34.7 Å². The Labute approximate surface area is 98.8 Å². The van der Waals surface area contributed by atoms with Crippen molar-refractivity contribution in [3.63, 3.8) is 0 Å². The number of carbonyl (C=O) groups is 1. The molecule has 0 saturated heterocycles. The van der Waals surface area contributed by atoms with Gasteiger partial charge in [-0.25, -0.2) is 0 Å². The summed E-state index contributed by atoms with van der Waals surface area (Å²) in [6.07, 6.45) is -4.40. The Hall–Kier alpha value is -0.590. The van der Waals surface area contributed by atoms with Crippen LogP contribution in [0.2, 0.25) is 0 Å². The van der Waals surface area contributed by atoms with Gasteiger partial charge < -0.3 is 0 Å². The van der Waals surface area contributed by atoms with Crippen LogP contribution in [0.1, 0.15) is 29.3 Å². The molecule has 0 fully saturated rings. The fourth-order valence-corrected chi connectivity index (χ4v) is 2.02. The van der Waals surface area contributed by atoms with Gasteiger partial charge >= 0.3 is 6.18 Å². The standard InChI is InChI=1S/C10H8F3IO/c1-2-8(15)9-6(10(11,12)13)4-3-5-7(9)14/h3-5H,2H2,1H3. The van der Waals surface area contributed by atoms with Gasteiger partial charge in [0.05, 0.1) is 5.56 Å². The molecule has 1 aromatic carbocycles. The van der Waals surface area contributed by atoms with E-state index >= 15 is 0 Å². The number of hydrogen-bond donors (Lipinski definition) is 0. The molecule has 0 unspecified atom stereocenters. The van der Waals surface area contributed by atoms with E-state index < -0.39 is 17.5 Å². The van der Waals surface area contributed by atoms with Gasteiger partial charge in [0.1, 0.15) is 0 Å². The zero-order valence-electron chi connectivity index (χ0n) is 7.86. The maximum absolute atomic E-state index is 12.6. The van der Waals surface area contributed by atoms with Crippen LogP contribution in [-0.4, -0.2) is 5.78 Å². The Kier molecular flexibility index (Phi) is 3.75. The van der Waals surface area contributed by atoms with Gasteiger partial charge in [0.2, 0.25) is 0 Å². The van der Waals surface area contributed by atoms with Gasteiger partial charge in [0, 0.05) is 15.6 Å². The molecule has 0 amide bonds. The monoisotopic (exact) mass is 328 g/mol. The van der Waals surface area contributed by atoms with Crippen LogP contribution in [0.15, 0.2) is 18.2 Å². The summed E-state index contributed by atoms with van der Waals surface area (Å²) in [6, 6.07) is 3.74. The third-order valence-electron chi connectivity index (χ3n) is 1.92. The topological polar surface area (TPSA) is 17.1 Å². The fourth-order valence-electron chi connectivity index (χ4n) is 1.22. The largest absolute Gasteiger partial charge is 0.417 e. The summed E-state index contributed by atoms with van der Waals surface area (Å²) < 4.78 is 38.1. The molecule has 0 aromatic heterocycles. The molecule has 0 atom stereocenters. The van der Waals surface area contributed by atoms with E-state index in [4.69, 9.17) is 0 Å². The van der Waals surface area contributed by atoms with Crippen molar-refractivity contribution < 1.29 is 18.0 Å². The van der Waals surface area contributed by atoms with Crippen LogP contribution in [0.5, 0.6) is 0 Å². The minimum atomic E-state index is -4.47. The van der Waals surface area contributed by atoms with Crippen LogP contribution in [0, 0.1) is 3.57 Å². The Balaban J connectivity index is 3.40. The van der Waals surface area contributed by atoms with Gasteiger partial charge in [0.25, 0.3) is 0 Å². The van der Waals surface area contributed by atoms with E-state index in [1.807, 2.05) is 0 Å². The molecule has 0 bridgehead atoms. The Bertz CT molecular complexity index is 385.